The molecule has 0 spiro atoms. The van der Waals surface area contributed by atoms with Gasteiger partial charge in [0.1, 0.15) is 23.9 Å². The molecule has 0 bridgehead atoms. The second-order valence-corrected chi connectivity index (χ2v) is 10.1. The van der Waals surface area contributed by atoms with Gasteiger partial charge in [0, 0.05) is 12.8 Å². The smallest absolute Gasteiger partial charge is 0.326 e. The normalized spacial score (nSPS) is 14.8. The molecule has 4 amide bonds. The van der Waals surface area contributed by atoms with E-state index >= 15 is 0 Å². The summed E-state index contributed by atoms with van der Waals surface area (Å²) < 4.78 is 0. The third-order valence-corrected chi connectivity index (χ3v) is 6.71. The van der Waals surface area contributed by atoms with E-state index in [2.05, 4.69) is 16.0 Å². The number of hydrogen-bond acceptors (Lipinski definition) is 8. The van der Waals surface area contributed by atoms with Crippen molar-refractivity contribution in [2.45, 2.75) is 70.1 Å². The lowest BCUT2D eigenvalue weighted by molar-refractivity contribution is -0.142. The SMILES string of the molecule is CCC(C)C(NC(=O)C(N)CCC(N)=O)C(=O)NC(Cc1ccc(O)cc1)C(=O)NC(CCSC)C(=O)O. The van der Waals surface area contributed by atoms with Crippen LogP contribution in [0.3, 0.4) is 0 Å². The minimum atomic E-state index is -1.20. The highest BCUT2D eigenvalue weighted by Crippen LogP contribution is 2.14. The molecule has 0 radical (unpaired) electrons. The van der Waals surface area contributed by atoms with Gasteiger partial charge in [-0.3, -0.25) is 19.2 Å². The third-order valence-electron chi connectivity index (χ3n) is 6.07. The Kier molecular flexibility index (Phi) is 14.2. The van der Waals surface area contributed by atoms with Crippen LogP contribution < -0.4 is 27.4 Å². The Balaban J connectivity index is 3.14. The van der Waals surface area contributed by atoms with Crippen LogP contribution in [-0.4, -0.2) is 76.0 Å². The largest absolute Gasteiger partial charge is 0.508 e. The van der Waals surface area contributed by atoms with Crippen molar-refractivity contribution in [3.63, 3.8) is 0 Å². The zero-order valence-electron chi connectivity index (χ0n) is 21.9. The summed E-state index contributed by atoms with van der Waals surface area (Å²) in [6.45, 7) is 3.57. The fourth-order valence-corrected chi connectivity index (χ4v) is 3.97. The molecule has 9 N–H and O–H groups in total. The first-order chi connectivity index (χ1) is 17.9. The van der Waals surface area contributed by atoms with Gasteiger partial charge in [0.25, 0.3) is 0 Å². The zero-order chi connectivity index (χ0) is 28.8. The molecule has 5 atom stereocenters. The number of carboxylic acids is 1. The number of nitrogens with one attached hydrogen (secondary N) is 3. The molecule has 38 heavy (non-hydrogen) atoms. The van der Waals surface area contributed by atoms with Crippen LogP contribution in [-0.2, 0) is 30.4 Å². The van der Waals surface area contributed by atoms with Crippen molar-refractivity contribution < 1.29 is 34.2 Å². The molecule has 1 aromatic rings. The van der Waals surface area contributed by atoms with Gasteiger partial charge in [0.2, 0.25) is 23.6 Å². The molecule has 0 aliphatic carbocycles. The second kappa shape index (κ2) is 16.5. The van der Waals surface area contributed by atoms with Crippen LogP contribution in [0.1, 0.15) is 45.1 Å². The zero-order valence-corrected chi connectivity index (χ0v) is 22.8. The van der Waals surface area contributed by atoms with Crippen molar-refractivity contribution >= 4 is 41.4 Å². The number of hydrogen-bond donors (Lipinski definition) is 7. The molecule has 1 rings (SSSR count). The number of phenolic OH excluding ortho intramolecular Hbond substituents is 1. The third kappa shape index (κ3) is 11.4. The predicted molar refractivity (Wildman–Crippen MR) is 144 cm³/mol. The van der Waals surface area contributed by atoms with Gasteiger partial charge in [-0.25, -0.2) is 4.79 Å². The minimum absolute atomic E-state index is 0.00597. The molecule has 0 saturated heterocycles. The van der Waals surface area contributed by atoms with E-state index in [0.717, 1.165) is 0 Å². The maximum atomic E-state index is 13.3. The van der Waals surface area contributed by atoms with E-state index in [4.69, 9.17) is 11.5 Å². The number of nitrogens with two attached hydrogens (primary N) is 2. The van der Waals surface area contributed by atoms with Gasteiger partial charge < -0.3 is 37.6 Å². The van der Waals surface area contributed by atoms with E-state index in [1.807, 2.05) is 13.2 Å². The Labute approximate surface area is 226 Å². The highest BCUT2D eigenvalue weighted by Gasteiger charge is 2.32. The summed E-state index contributed by atoms with van der Waals surface area (Å²) in [5.41, 5.74) is 11.6. The minimum Gasteiger partial charge on any atom is -0.508 e. The van der Waals surface area contributed by atoms with Crippen LogP contribution >= 0.6 is 11.8 Å². The monoisotopic (exact) mass is 553 g/mol. The van der Waals surface area contributed by atoms with Crippen molar-refractivity contribution in [2.24, 2.45) is 17.4 Å². The van der Waals surface area contributed by atoms with E-state index in [1.165, 1.54) is 23.9 Å². The summed E-state index contributed by atoms with van der Waals surface area (Å²) in [5.74, 6) is -3.61. The Bertz CT molecular complexity index is 960. The summed E-state index contributed by atoms with van der Waals surface area (Å²) in [6, 6.07) is 1.59. The van der Waals surface area contributed by atoms with E-state index < -0.39 is 53.8 Å². The molecular weight excluding hydrogens is 514 g/mol. The number of thioether (sulfide) groups is 1. The number of amides is 4. The van der Waals surface area contributed by atoms with Gasteiger partial charge in [-0.1, -0.05) is 32.4 Å². The van der Waals surface area contributed by atoms with Crippen molar-refractivity contribution in [1.29, 1.82) is 0 Å². The predicted octanol–water partition coefficient (Wildman–Crippen LogP) is -0.134. The first kappa shape index (κ1) is 32.7. The summed E-state index contributed by atoms with van der Waals surface area (Å²) in [4.78, 5) is 61.8. The number of carboxylic acid groups (broad SMARTS) is 1. The van der Waals surface area contributed by atoms with Gasteiger partial charge in [-0.2, -0.15) is 11.8 Å². The standard InChI is InChI=1S/C25H39N5O7S/c1-4-14(2)21(30-22(33)17(26)9-10-20(27)32)24(35)29-19(13-15-5-7-16(31)8-6-15)23(34)28-18(25(36)37)11-12-38-3/h5-8,14,17-19,21,31H,4,9-13,26H2,1-3H3,(H2,27,32)(H,28,34)(H,29,35)(H,30,33)(H,36,37). The maximum Gasteiger partial charge on any atom is 0.326 e. The molecule has 0 aromatic heterocycles. The van der Waals surface area contributed by atoms with E-state index in [1.54, 1.807) is 19.1 Å². The van der Waals surface area contributed by atoms with Crippen molar-refractivity contribution in [1.82, 2.24) is 16.0 Å². The molecule has 0 aliphatic heterocycles. The maximum absolute atomic E-state index is 13.3. The molecule has 0 heterocycles. The lowest BCUT2D eigenvalue weighted by Crippen LogP contribution is -2.59. The quantitative estimate of drug-likeness (QED) is 0.137. The second-order valence-electron chi connectivity index (χ2n) is 9.10. The first-order valence-electron chi connectivity index (χ1n) is 12.3. The fourth-order valence-electron chi connectivity index (χ4n) is 3.49. The van der Waals surface area contributed by atoms with Crippen LogP contribution in [0.15, 0.2) is 24.3 Å². The Hall–Kier alpha value is -3.32. The first-order valence-corrected chi connectivity index (χ1v) is 13.7. The van der Waals surface area contributed by atoms with Gasteiger partial charge in [-0.05, 0) is 48.5 Å². The van der Waals surface area contributed by atoms with Crippen LogP contribution in [0.5, 0.6) is 5.75 Å². The van der Waals surface area contributed by atoms with Gasteiger partial charge >= 0.3 is 5.97 Å². The average molecular weight is 554 g/mol. The summed E-state index contributed by atoms with van der Waals surface area (Å²) >= 11 is 1.44. The summed E-state index contributed by atoms with van der Waals surface area (Å²) in [7, 11) is 0. The topological polar surface area (TPSA) is 214 Å². The Morgan fingerprint density at radius 1 is 0.947 bits per heavy atom. The van der Waals surface area contributed by atoms with Crippen LogP contribution in [0.25, 0.3) is 0 Å². The number of aliphatic carboxylic acids is 1. The number of rotatable bonds is 17. The van der Waals surface area contributed by atoms with Gasteiger partial charge in [-0.15, -0.1) is 0 Å². The van der Waals surface area contributed by atoms with E-state index in [9.17, 15) is 34.2 Å². The van der Waals surface area contributed by atoms with Gasteiger partial charge in [0.15, 0.2) is 0 Å². The summed E-state index contributed by atoms with van der Waals surface area (Å²) in [6.07, 6.45) is 2.44. The van der Waals surface area contributed by atoms with E-state index in [0.29, 0.717) is 17.7 Å². The molecule has 5 unspecified atom stereocenters. The molecule has 12 nitrogen and oxygen atoms in total. The molecule has 0 fully saturated rings. The van der Waals surface area contributed by atoms with Crippen LogP contribution in [0.4, 0.5) is 0 Å². The number of carbonyl (C=O) groups excluding carboxylic acids is 4. The molecule has 13 heteroatoms. The Morgan fingerprint density at radius 2 is 1.55 bits per heavy atom. The van der Waals surface area contributed by atoms with E-state index in [-0.39, 0.29) is 37.4 Å². The Morgan fingerprint density at radius 3 is 2.08 bits per heavy atom. The molecule has 0 saturated carbocycles. The number of aromatic hydroxyl groups is 1. The average Bonchev–Trinajstić information content (AvgIpc) is 2.87. The van der Waals surface area contributed by atoms with Crippen molar-refractivity contribution in [2.75, 3.05) is 12.0 Å². The fraction of sp³-hybridized carbons (Fsp3) is 0.560. The number of phenols is 1. The highest BCUT2D eigenvalue weighted by molar-refractivity contribution is 7.98. The number of benzene rings is 1. The molecule has 0 aliphatic rings. The lowest BCUT2D eigenvalue weighted by Gasteiger charge is -2.28. The molecule has 212 valence electrons. The number of carbonyl (C=O) groups is 5. The molecular formula is C25H39N5O7S. The summed E-state index contributed by atoms with van der Waals surface area (Å²) in [5, 5.41) is 26.8. The van der Waals surface area contributed by atoms with Crippen LogP contribution in [0, 0.1) is 5.92 Å². The number of primary amides is 1. The molecule has 1 aromatic carbocycles. The lowest BCUT2D eigenvalue weighted by atomic mass is 9.96. The van der Waals surface area contributed by atoms with Gasteiger partial charge in [0.05, 0.1) is 6.04 Å². The van der Waals surface area contributed by atoms with Crippen LogP contribution in [0.2, 0.25) is 0 Å². The van der Waals surface area contributed by atoms with Crippen molar-refractivity contribution in [3.8, 4) is 5.75 Å². The highest BCUT2D eigenvalue weighted by atomic mass is 32.2. The van der Waals surface area contributed by atoms with Crippen molar-refractivity contribution in [3.05, 3.63) is 29.8 Å².